The van der Waals surface area contributed by atoms with Crippen molar-refractivity contribution in [2.75, 3.05) is 19.9 Å². The number of piperidine rings is 1. The summed E-state index contributed by atoms with van der Waals surface area (Å²) in [5.41, 5.74) is 1.43. The maximum Gasteiger partial charge on any atom is 0.253 e. The molecule has 1 saturated heterocycles. The number of carbonyl (C=O) groups is 1. The second kappa shape index (κ2) is 7.40. The Morgan fingerprint density at radius 3 is 2.72 bits per heavy atom. The third-order valence-corrected chi connectivity index (χ3v) is 5.51. The number of hydrogen-bond acceptors (Lipinski definition) is 6. The van der Waals surface area contributed by atoms with Gasteiger partial charge >= 0.3 is 0 Å². The van der Waals surface area contributed by atoms with Crippen LogP contribution in [0.5, 0.6) is 11.5 Å². The molecule has 0 N–H and O–H groups in total. The molecule has 1 fully saturated rings. The van der Waals surface area contributed by atoms with Crippen molar-refractivity contribution in [2.24, 2.45) is 0 Å². The Hall–Kier alpha value is -3.06. The average molecular weight is 412 g/mol. The van der Waals surface area contributed by atoms with Gasteiger partial charge in [-0.2, -0.15) is 4.98 Å². The van der Waals surface area contributed by atoms with E-state index in [0.717, 1.165) is 18.4 Å². The minimum Gasteiger partial charge on any atom is -0.454 e. The number of halogens is 1. The second-order valence-electron chi connectivity index (χ2n) is 7.10. The first kappa shape index (κ1) is 18.0. The molecule has 148 valence electrons. The number of aromatic nitrogens is 2. The lowest BCUT2D eigenvalue weighted by molar-refractivity contribution is 0.0704. The lowest BCUT2D eigenvalue weighted by Crippen LogP contribution is -2.38. The van der Waals surface area contributed by atoms with Gasteiger partial charge in [0.25, 0.3) is 5.91 Å². The zero-order chi connectivity index (χ0) is 19.8. The summed E-state index contributed by atoms with van der Waals surface area (Å²) in [6, 6.07) is 12.6. The first-order chi connectivity index (χ1) is 14.2. The minimum absolute atomic E-state index is 0.00229. The maximum absolute atomic E-state index is 12.7. The number of benzene rings is 2. The number of hydrogen-bond donors (Lipinski definition) is 0. The predicted molar refractivity (Wildman–Crippen MR) is 105 cm³/mol. The fraction of sp³-hybridized carbons (Fsp3) is 0.286. The molecule has 8 heteroatoms. The van der Waals surface area contributed by atoms with E-state index in [2.05, 4.69) is 10.1 Å². The molecule has 0 saturated carbocycles. The van der Waals surface area contributed by atoms with Crippen molar-refractivity contribution in [1.82, 2.24) is 15.0 Å². The Balaban J connectivity index is 1.25. The fourth-order valence-corrected chi connectivity index (χ4v) is 3.88. The second-order valence-corrected chi connectivity index (χ2v) is 7.54. The standard InChI is InChI=1S/C21H18ClN3O4/c22-16-3-1-2-15(10-16)21(26)25-8-6-13(7-9-25)20-23-19(24-29-20)14-4-5-17-18(11-14)28-12-27-17/h1-5,10-11,13H,6-9,12H2. The van der Waals surface area contributed by atoms with Gasteiger partial charge in [-0.05, 0) is 49.2 Å². The van der Waals surface area contributed by atoms with E-state index in [1.807, 2.05) is 23.1 Å². The lowest BCUT2D eigenvalue weighted by atomic mass is 9.96. The van der Waals surface area contributed by atoms with Crippen molar-refractivity contribution in [3.63, 3.8) is 0 Å². The largest absolute Gasteiger partial charge is 0.454 e. The highest BCUT2D eigenvalue weighted by molar-refractivity contribution is 6.30. The molecular weight excluding hydrogens is 394 g/mol. The van der Waals surface area contributed by atoms with Crippen LogP contribution in [0.2, 0.25) is 5.02 Å². The minimum atomic E-state index is -0.00229. The van der Waals surface area contributed by atoms with Crippen molar-refractivity contribution in [3.8, 4) is 22.9 Å². The van der Waals surface area contributed by atoms with Crippen LogP contribution in [-0.2, 0) is 0 Å². The predicted octanol–water partition coefficient (Wildman–Crippen LogP) is 4.14. The van der Waals surface area contributed by atoms with Crippen LogP contribution in [0.25, 0.3) is 11.4 Å². The number of nitrogens with zero attached hydrogens (tertiary/aromatic N) is 3. The van der Waals surface area contributed by atoms with Crippen molar-refractivity contribution < 1.29 is 18.8 Å². The molecule has 29 heavy (non-hydrogen) atoms. The van der Waals surface area contributed by atoms with E-state index in [1.54, 1.807) is 24.3 Å². The summed E-state index contributed by atoms with van der Waals surface area (Å²) >= 11 is 6.00. The topological polar surface area (TPSA) is 77.7 Å². The van der Waals surface area contributed by atoms with Crippen LogP contribution in [0.15, 0.2) is 47.0 Å². The molecule has 0 spiro atoms. The highest BCUT2D eigenvalue weighted by Crippen LogP contribution is 2.36. The molecule has 1 aromatic heterocycles. The van der Waals surface area contributed by atoms with Gasteiger partial charge in [0.1, 0.15) is 0 Å². The maximum atomic E-state index is 12.7. The summed E-state index contributed by atoms with van der Waals surface area (Å²) in [7, 11) is 0. The number of ether oxygens (including phenoxy) is 2. The molecule has 2 aliphatic heterocycles. The summed E-state index contributed by atoms with van der Waals surface area (Å²) in [6.45, 7) is 1.50. The zero-order valence-corrected chi connectivity index (χ0v) is 16.3. The molecule has 0 unspecified atom stereocenters. The molecule has 5 rings (SSSR count). The SMILES string of the molecule is O=C(c1cccc(Cl)c1)N1CCC(c2nc(-c3ccc4c(c3)OCO4)no2)CC1. The Bertz CT molecular complexity index is 1060. The van der Waals surface area contributed by atoms with Gasteiger partial charge in [-0.25, -0.2) is 0 Å². The number of carbonyl (C=O) groups excluding carboxylic acids is 1. The molecule has 1 amide bonds. The van der Waals surface area contributed by atoms with E-state index < -0.39 is 0 Å². The van der Waals surface area contributed by atoms with Crippen LogP contribution < -0.4 is 9.47 Å². The van der Waals surface area contributed by atoms with Gasteiger partial charge in [0.15, 0.2) is 11.5 Å². The molecule has 0 bridgehead atoms. The van der Waals surface area contributed by atoms with Crippen molar-refractivity contribution in [3.05, 3.63) is 58.9 Å². The Kier molecular flexibility index (Phi) is 4.60. The van der Waals surface area contributed by atoms with E-state index in [1.165, 1.54) is 0 Å². The third-order valence-electron chi connectivity index (χ3n) is 5.28. The van der Waals surface area contributed by atoms with Crippen molar-refractivity contribution in [2.45, 2.75) is 18.8 Å². The normalized spacial score (nSPS) is 16.2. The van der Waals surface area contributed by atoms with Crippen molar-refractivity contribution >= 4 is 17.5 Å². The highest BCUT2D eigenvalue weighted by Gasteiger charge is 2.28. The van der Waals surface area contributed by atoms with E-state index in [4.69, 9.17) is 25.6 Å². The van der Waals surface area contributed by atoms with Crippen LogP contribution >= 0.6 is 11.6 Å². The van der Waals surface area contributed by atoms with Gasteiger partial charge < -0.3 is 18.9 Å². The van der Waals surface area contributed by atoms with Crippen LogP contribution in [0, 0.1) is 0 Å². The van der Waals surface area contributed by atoms with E-state index in [9.17, 15) is 4.79 Å². The summed E-state index contributed by atoms with van der Waals surface area (Å²) in [4.78, 5) is 19.1. The number of likely N-dealkylation sites (tertiary alicyclic amines) is 1. The molecule has 3 heterocycles. The van der Waals surface area contributed by atoms with Crippen LogP contribution in [-0.4, -0.2) is 40.8 Å². The fourth-order valence-electron chi connectivity index (χ4n) is 3.69. The third kappa shape index (κ3) is 3.53. The molecule has 0 radical (unpaired) electrons. The first-order valence-electron chi connectivity index (χ1n) is 9.46. The molecule has 3 aromatic rings. The molecule has 2 aromatic carbocycles. The van der Waals surface area contributed by atoms with Gasteiger partial charge in [-0.1, -0.05) is 22.8 Å². The van der Waals surface area contributed by atoms with E-state index >= 15 is 0 Å². The molecular formula is C21H18ClN3O4. The van der Waals surface area contributed by atoms with Crippen LogP contribution in [0.1, 0.15) is 35.0 Å². The summed E-state index contributed by atoms with van der Waals surface area (Å²) in [5.74, 6) is 2.66. The zero-order valence-electron chi connectivity index (χ0n) is 15.5. The Morgan fingerprint density at radius 2 is 1.90 bits per heavy atom. The Labute approximate surface area is 172 Å². The number of fused-ring (bicyclic) bond motifs is 1. The highest BCUT2D eigenvalue weighted by atomic mass is 35.5. The monoisotopic (exact) mass is 411 g/mol. The quantitative estimate of drug-likeness (QED) is 0.644. The molecule has 0 aliphatic carbocycles. The molecule has 7 nitrogen and oxygen atoms in total. The number of amides is 1. The van der Waals surface area contributed by atoms with Gasteiger partial charge in [0, 0.05) is 35.2 Å². The average Bonchev–Trinajstić information content (AvgIpc) is 3.42. The van der Waals surface area contributed by atoms with E-state index in [0.29, 0.717) is 46.9 Å². The van der Waals surface area contributed by atoms with Gasteiger partial charge in [-0.15, -0.1) is 0 Å². The Morgan fingerprint density at radius 1 is 1.07 bits per heavy atom. The summed E-state index contributed by atoms with van der Waals surface area (Å²) in [5, 5.41) is 4.68. The number of rotatable bonds is 3. The van der Waals surface area contributed by atoms with Gasteiger partial charge in [-0.3, -0.25) is 4.79 Å². The van der Waals surface area contributed by atoms with Gasteiger partial charge in [0.2, 0.25) is 18.5 Å². The summed E-state index contributed by atoms with van der Waals surface area (Å²) in [6.07, 6.45) is 1.55. The van der Waals surface area contributed by atoms with Crippen LogP contribution in [0.3, 0.4) is 0 Å². The molecule has 0 atom stereocenters. The summed E-state index contributed by atoms with van der Waals surface area (Å²) < 4.78 is 16.3. The first-order valence-corrected chi connectivity index (χ1v) is 9.83. The van der Waals surface area contributed by atoms with Crippen molar-refractivity contribution in [1.29, 1.82) is 0 Å². The van der Waals surface area contributed by atoms with Gasteiger partial charge in [0.05, 0.1) is 0 Å². The smallest absolute Gasteiger partial charge is 0.253 e. The van der Waals surface area contributed by atoms with Crippen LogP contribution in [0.4, 0.5) is 0 Å². The molecule has 2 aliphatic rings. The lowest BCUT2D eigenvalue weighted by Gasteiger charge is -2.30. The van der Waals surface area contributed by atoms with E-state index in [-0.39, 0.29) is 18.6 Å².